The van der Waals surface area contributed by atoms with Gasteiger partial charge in [0.2, 0.25) is 5.91 Å². The zero-order chi connectivity index (χ0) is 24.1. The first kappa shape index (κ1) is 23.9. The third kappa shape index (κ3) is 5.63. The maximum absolute atomic E-state index is 12.9. The molecule has 3 aromatic heterocycles. The normalized spacial score (nSPS) is 12.8. The van der Waals surface area contributed by atoms with Crippen LogP contribution >= 0.6 is 22.7 Å². The van der Waals surface area contributed by atoms with Gasteiger partial charge < -0.3 is 9.73 Å². The first-order valence-corrected chi connectivity index (χ1v) is 12.9. The van der Waals surface area contributed by atoms with Crippen LogP contribution in [0.5, 0.6) is 0 Å². The van der Waals surface area contributed by atoms with Crippen molar-refractivity contribution < 1.29 is 14.0 Å². The van der Waals surface area contributed by atoms with Gasteiger partial charge in [0.25, 0.3) is 5.91 Å². The Morgan fingerprint density at radius 3 is 2.50 bits per heavy atom. The topological polar surface area (TPSA) is 84.2 Å². The smallest absolute Gasteiger partial charge is 0.260 e. The summed E-state index contributed by atoms with van der Waals surface area (Å²) in [5.74, 6) is 0.638. The van der Waals surface area contributed by atoms with Gasteiger partial charge in [-0.15, -0.1) is 22.7 Å². The van der Waals surface area contributed by atoms with Gasteiger partial charge in [-0.2, -0.15) is 0 Å². The average Bonchev–Trinajstić information content (AvgIpc) is 3.60. The van der Waals surface area contributed by atoms with E-state index >= 15 is 0 Å². The SMILES string of the molecule is CCC(C)c1ccc(C(NC(=O)Cc2csc(NC(=O)c3ccoc3C)n2)c2cccs2)cc1. The molecule has 0 aliphatic rings. The highest BCUT2D eigenvalue weighted by molar-refractivity contribution is 7.14. The van der Waals surface area contributed by atoms with Crippen molar-refractivity contribution in [2.75, 3.05) is 5.32 Å². The highest BCUT2D eigenvalue weighted by Gasteiger charge is 2.20. The number of thiophene rings is 1. The molecule has 1 aromatic carbocycles. The molecule has 4 rings (SSSR count). The molecule has 0 radical (unpaired) electrons. The first-order valence-electron chi connectivity index (χ1n) is 11.2. The fourth-order valence-electron chi connectivity index (χ4n) is 3.63. The molecule has 0 saturated heterocycles. The lowest BCUT2D eigenvalue weighted by Crippen LogP contribution is -2.30. The average molecular weight is 494 g/mol. The number of nitrogens with one attached hydrogen (secondary N) is 2. The standard InChI is InChI=1S/C26H27N3O3S2/c1-4-16(2)18-7-9-19(10-8-18)24(22-6-5-13-33-22)28-23(30)14-20-15-34-26(27-20)29-25(31)21-11-12-32-17(21)3/h5-13,15-16,24H,4,14H2,1-3H3,(H,28,30)(H,27,29,31). The quantitative estimate of drug-likeness (QED) is 0.286. The van der Waals surface area contributed by atoms with Gasteiger partial charge in [0.15, 0.2) is 5.13 Å². The van der Waals surface area contributed by atoms with Crippen molar-refractivity contribution in [2.24, 2.45) is 0 Å². The van der Waals surface area contributed by atoms with Gasteiger partial charge in [0.05, 0.1) is 30.0 Å². The van der Waals surface area contributed by atoms with E-state index in [9.17, 15) is 9.59 Å². The number of carbonyl (C=O) groups excluding carboxylic acids is 2. The van der Waals surface area contributed by atoms with Crippen molar-refractivity contribution in [3.8, 4) is 0 Å². The predicted octanol–water partition coefficient (Wildman–Crippen LogP) is 6.32. The lowest BCUT2D eigenvalue weighted by atomic mass is 9.95. The van der Waals surface area contributed by atoms with Gasteiger partial charge >= 0.3 is 0 Å². The fourth-order valence-corrected chi connectivity index (χ4v) is 5.14. The minimum absolute atomic E-state index is 0.127. The molecular formula is C26H27N3O3S2. The van der Waals surface area contributed by atoms with E-state index in [1.165, 1.54) is 23.2 Å². The van der Waals surface area contributed by atoms with Crippen molar-refractivity contribution in [3.05, 3.63) is 92.5 Å². The second kappa shape index (κ2) is 10.8. The lowest BCUT2D eigenvalue weighted by molar-refractivity contribution is -0.121. The number of nitrogens with zero attached hydrogens (tertiary/aromatic N) is 1. The Morgan fingerprint density at radius 2 is 1.85 bits per heavy atom. The Kier molecular flexibility index (Phi) is 7.59. The third-order valence-corrected chi connectivity index (χ3v) is 7.55. The van der Waals surface area contributed by atoms with Crippen LogP contribution in [-0.2, 0) is 11.2 Å². The number of aryl methyl sites for hydroxylation is 1. The van der Waals surface area contributed by atoms with Gasteiger partial charge in [-0.25, -0.2) is 4.98 Å². The molecule has 0 spiro atoms. The molecule has 3 heterocycles. The maximum atomic E-state index is 12.9. The number of thiazole rings is 1. The number of rotatable bonds is 9. The molecule has 176 valence electrons. The summed E-state index contributed by atoms with van der Waals surface area (Å²) < 4.78 is 5.18. The van der Waals surface area contributed by atoms with Gasteiger partial charge in [0.1, 0.15) is 5.76 Å². The molecule has 0 bridgehead atoms. The zero-order valence-electron chi connectivity index (χ0n) is 19.3. The molecule has 0 fully saturated rings. The van der Waals surface area contributed by atoms with Gasteiger partial charge in [-0.1, -0.05) is 44.2 Å². The molecule has 0 saturated carbocycles. The zero-order valence-corrected chi connectivity index (χ0v) is 21.0. The molecule has 0 aliphatic carbocycles. The highest BCUT2D eigenvalue weighted by Crippen LogP contribution is 2.28. The van der Waals surface area contributed by atoms with Crippen LogP contribution in [0.25, 0.3) is 0 Å². The second-order valence-corrected chi connectivity index (χ2v) is 9.99. The molecule has 4 aromatic rings. The van der Waals surface area contributed by atoms with E-state index < -0.39 is 0 Å². The van der Waals surface area contributed by atoms with E-state index in [-0.39, 0.29) is 24.3 Å². The molecule has 8 heteroatoms. The number of hydrogen-bond donors (Lipinski definition) is 2. The van der Waals surface area contributed by atoms with E-state index in [2.05, 4.69) is 53.7 Å². The number of benzene rings is 1. The summed E-state index contributed by atoms with van der Waals surface area (Å²) in [5.41, 5.74) is 3.42. The Balaban J connectivity index is 1.43. The van der Waals surface area contributed by atoms with E-state index in [0.29, 0.717) is 28.1 Å². The van der Waals surface area contributed by atoms with Crippen molar-refractivity contribution in [1.82, 2.24) is 10.3 Å². The second-order valence-electron chi connectivity index (χ2n) is 8.16. The monoisotopic (exact) mass is 493 g/mol. The summed E-state index contributed by atoms with van der Waals surface area (Å²) in [6.07, 6.45) is 2.69. The largest absolute Gasteiger partial charge is 0.469 e. The van der Waals surface area contributed by atoms with Gasteiger partial charge in [-0.05, 0) is 47.9 Å². The molecule has 2 amide bonds. The Labute approximate surface area is 207 Å². The number of furan rings is 1. The van der Waals surface area contributed by atoms with Crippen LogP contribution in [0.4, 0.5) is 5.13 Å². The van der Waals surface area contributed by atoms with Crippen LogP contribution < -0.4 is 10.6 Å². The summed E-state index contributed by atoms with van der Waals surface area (Å²) >= 11 is 2.91. The molecule has 6 nitrogen and oxygen atoms in total. The van der Waals surface area contributed by atoms with Crippen molar-refractivity contribution >= 4 is 39.6 Å². The summed E-state index contributed by atoms with van der Waals surface area (Å²) in [4.78, 5) is 30.8. The molecule has 0 aliphatic heterocycles. The Bertz CT molecular complexity index is 1240. The van der Waals surface area contributed by atoms with Crippen LogP contribution in [0.3, 0.4) is 0 Å². The Morgan fingerprint density at radius 1 is 1.09 bits per heavy atom. The summed E-state index contributed by atoms with van der Waals surface area (Å²) in [6, 6.07) is 13.9. The number of carbonyl (C=O) groups is 2. The van der Waals surface area contributed by atoms with E-state index in [1.807, 2.05) is 17.5 Å². The molecular weight excluding hydrogens is 466 g/mol. The summed E-state index contributed by atoms with van der Waals surface area (Å²) in [7, 11) is 0. The summed E-state index contributed by atoms with van der Waals surface area (Å²) in [6.45, 7) is 6.13. The van der Waals surface area contributed by atoms with Crippen LogP contribution in [0.1, 0.15) is 70.0 Å². The van der Waals surface area contributed by atoms with Crippen LogP contribution in [0.2, 0.25) is 0 Å². The maximum Gasteiger partial charge on any atom is 0.260 e. The van der Waals surface area contributed by atoms with E-state index in [4.69, 9.17) is 4.42 Å². The van der Waals surface area contributed by atoms with Gasteiger partial charge in [-0.3, -0.25) is 14.9 Å². The number of anilines is 1. The molecule has 34 heavy (non-hydrogen) atoms. The Hall–Kier alpha value is -3.23. The summed E-state index contributed by atoms with van der Waals surface area (Å²) in [5, 5.41) is 10.2. The minimum Gasteiger partial charge on any atom is -0.469 e. The number of hydrogen-bond acceptors (Lipinski definition) is 6. The van der Waals surface area contributed by atoms with Crippen molar-refractivity contribution in [3.63, 3.8) is 0 Å². The molecule has 2 atom stereocenters. The predicted molar refractivity (Wildman–Crippen MR) is 137 cm³/mol. The van der Waals surface area contributed by atoms with Crippen molar-refractivity contribution in [2.45, 2.75) is 45.6 Å². The van der Waals surface area contributed by atoms with Crippen molar-refractivity contribution in [1.29, 1.82) is 0 Å². The van der Waals surface area contributed by atoms with Crippen LogP contribution in [-0.4, -0.2) is 16.8 Å². The minimum atomic E-state index is -0.282. The van der Waals surface area contributed by atoms with Crippen LogP contribution in [0, 0.1) is 6.92 Å². The number of aromatic nitrogens is 1. The third-order valence-electron chi connectivity index (χ3n) is 5.80. The van der Waals surface area contributed by atoms with Gasteiger partial charge in [0, 0.05) is 10.3 Å². The van der Waals surface area contributed by atoms with E-state index in [1.54, 1.807) is 29.7 Å². The molecule has 2 unspecified atom stereocenters. The van der Waals surface area contributed by atoms with E-state index in [0.717, 1.165) is 16.9 Å². The highest BCUT2D eigenvalue weighted by atomic mass is 32.1. The number of amides is 2. The first-order chi connectivity index (χ1) is 16.4. The fraction of sp³-hybridized carbons (Fsp3) is 0.269. The lowest BCUT2D eigenvalue weighted by Gasteiger charge is -2.19. The van der Waals surface area contributed by atoms with Crippen LogP contribution in [0.15, 0.2) is 63.9 Å². The molecule has 2 N–H and O–H groups in total.